The van der Waals surface area contributed by atoms with Crippen molar-refractivity contribution in [2.24, 2.45) is 0 Å². The van der Waals surface area contributed by atoms with Crippen molar-refractivity contribution in [2.75, 3.05) is 0 Å². The van der Waals surface area contributed by atoms with Gasteiger partial charge in [-0.2, -0.15) is 0 Å². The molecule has 0 aliphatic carbocycles. The molecule has 0 bridgehead atoms. The summed E-state index contributed by atoms with van der Waals surface area (Å²) in [6.45, 7) is 3.08. The first-order chi connectivity index (χ1) is 13.5. The van der Waals surface area contributed by atoms with Gasteiger partial charge in [0, 0.05) is 11.4 Å². The van der Waals surface area contributed by atoms with Gasteiger partial charge >= 0.3 is 6.36 Å². The first-order valence-electron chi connectivity index (χ1n) is 8.71. The van der Waals surface area contributed by atoms with Gasteiger partial charge in [-0.1, -0.05) is 40.2 Å². The summed E-state index contributed by atoms with van der Waals surface area (Å²) < 4.78 is 41.4. The Morgan fingerprint density at radius 3 is 2.07 bits per heavy atom. The minimum absolute atomic E-state index is 0.0147. The van der Waals surface area contributed by atoms with Crippen molar-refractivity contribution in [3.8, 4) is 5.75 Å². The highest BCUT2D eigenvalue weighted by Crippen LogP contribution is 2.25. The van der Waals surface area contributed by atoms with Gasteiger partial charge in [-0.3, -0.25) is 9.59 Å². The lowest BCUT2D eigenvalue weighted by Crippen LogP contribution is -2.33. The SMILES string of the molecule is CC(=O)NC(CC(=O)NC(C)c1ccc(OC(F)(F)F)cc1)c1ccc(Br)cc1. The van der Waals surface area contributed by atoms with Crippen LogP contribution in [0.25, 0.3) is 0 Å². The number of halogens is 4. The monoisotopic (exact) mass is 472 g/mol. The second-order valence-corrected chi connectivity index (χ2v) is 7.33. The molecule has 0 saturated heterocycles. The van der Waals surface area contributed by atoms with Gasteiger partial charge in [0.05, 0.1) is 18.5 Å². The van der Waals surface area contributed by atoms with E-state index in [9.17, 15) is 22.8 Å². The number of benzene rings is 2. The molecule has 9 heteroatoms. The van der Waals surface area contributed by atoms with E-state index in [1.165, 1.54) is 31.2 Å². The van der Waals surface area contributed by atoms with E-state index in [0.717, 1.165) is 10.0 Å². The number of nitrogens with one attached hydrogen (secondary N) is 2. The summed E-state index contributed by atoms with van der Waals surface area (Å²) >= 11 is 3.34. The third-order valence-electron chi connectivity index (χ3n) is 4.03. The summed E-state index contributed by atoms with van der Waals surface area (Å²) in [7, 11) is 0. The van der Waals surface area contributed by atoms with E-state index in [4.69, 9.17) is 0 Å². The molecule has 0 radical (unpaired) electrons. The first-order valence-corrected chi connectivity index (χ1v) is 9.50. The summed E-state index contributed by atoms with van der Waals surface area (Å²) in [5, 5.41) is 5.54. The average molecular weight is 473 g/mol. The second kappa shape index (κ2) is 9.78. The number of alkyl halides is 3. The first kappa shape index (κ1) is 22.7. The predicted molar refractivity (Wildman–Crippen MR) is 105 cm³/mol. The van der Waals surface area contributed by atoms with E-state index in [1.54, 1.807) is 19.1 Å². The van der Waals surface area contributed by atoms with Gasteiger partial charge in [-0.05, 0) is 42.3 Å². The topological polar surface area (TPSA) is 67.4 Å². The Morgan fingerprint density at radius 1 is 1.00 bits per heavy atom. The smallest absolute Gasteiger partial charge is 0.406 e. The zero-order valence-electron chi connectivity index (χ0n) is 15.7. The summed E-state index contributed by atoms with van der Waals surface area (Å²) in [4.78, 5) is 24.0. The lowest BCUT2D eigenvalue weighted by molar-refractivity contribution is -0.274. The Labute approximate surface area is 174 Å². The van der Waals surface area contributed by atoms with Crippen molar-refractivity contribution in [1.82, 2.24) is 10.6 Å². The van der Waals surface area contributed by atoms with E-state index in [0.29, 0.717) is 5.56 Å². The van der Waals surface area contributed by atoms with Crippen LogP contribution in [0.2, 0.25) is 0 Å². The highest BCUT2D eigenvalue weighted by atomic mass is 79.9. The fourth-order valence-electron chi connectivity index (χ4n) is 2.72. The minimum atomic E-state index is -4.76. The predicted octanol–water partition coefficient (Wildman–Crippen LogP) is 4.79. The molecule has 0 aliphatic rings. The van der Waals surface area contributed by atoms with Gasteiger partial charge in [-0.25, -0.2) is 0 Å². The molecule has 2 unspecified atom stereocenters. The van der Waals surface area contributed by atoms with E-state index in [1.807, 2.05) is 12.1 Å². The van der Waals surface area contributed by atoms with Crippen molar-refractivity contribution in [2.45, 2.75) is 38.7 Å². The van der Waals surface area contributed by atoms with Gasteiger partial charge in [0.2, 0.25) is 11.8 Å². The molecule has 2 aromatic rings. The molecular weight excluding hydrogens is 453 g/mol. The fourth-order valence-corrected chi connectivity index (χ4v) is 2.98. The molecule has 2 N–H and O–H groups in total. The van der Waals surface area contributed by atoms with E-state index >= 15 is 0 Å². The zero-order chi connectivity index (χ0) is 21.6. The van der Waals surface area contributed by atoms with E-state index in [2.05, 4.69) is 31.3 Å². The Kier molecular flexibility index (Phi) is 7.66. The molecule has 29 heavy (non-hydrogen) atoms. The maximum atomic E-state index is 12.5. The van der Waals surface area contributed by atoms with Crippen molar-refractivity contribution in [1.29, 1.82) is 0 Å². The minimum Gasteiger partial charge on any atom is -0.406 e. The Balaban J connectivity index is 2.01. The molecule has 0 fully saturated rings. The number of hydrogen-bond acceptors (Lipinski definition) is 3. The second-order valence-electron chi connectivity index (χ2n) is 6.41. The zero-order valence-corrected chi connectivity index (χ0v) is 17.3. The quantitative estimate of drug-likeness (QED) is 0.608. The van der Waals surface area contributed by atoms with Crippen LogP contribution < -0.4 is 15.4 Å². The highest BCUT2D eigenvalue weighted by Gasteiger charge is 2.31. The van der Waals surface area contributed by atoms with Crippen LogP contribution in [0.4, 0.5) is 13.2 Å². The van der Waals surface area contributed by atoms with Gasteiger partial charge in [-0.15, -0.1) is 13.2 Å². The summed E-state index contributed by atoms with van der Waals surface area (Å²) in [5.74, 6) is -0.908. The van der Waals surface area contributed by atoms with Crippen molar-refractivity contribution >= 4 is 27.7 Å². The normalized spacial score (nSPS) is 13.3. The van der Waals surface area contributed by atoms with Crippen LogP contribution in [0, 0.1) is 0 Å². The fraction of sp³-hybridized carbons (Fsp3) is 0.300. The molecule has 0 heterocycles. The largest absolute Gasteiger partial charge is 0.573 e. The molecular formula is C20H20BrF3N2O3. The van der Waals surface area contributed by atoms with E-state index in [-0.39, 0.29) is 24.0 Å². The molecule has 156 valence electrons. The number of rotatable bonds is 7. The van der Waals surface area contributed by atoms with E-state index < -0.39 is 18.4 Å². The van der Waals surface area contributed by atoms with Crippen LogP contribution in [0.15, 0.2) is 53.0 Å². The van der Waals surface area contributed by atoms with Crippen molar-refractivity contribution in [3.63, 3.8) is 0 Å². The standard InChI is InChI=1S/C20H20BrF3N2O3/c1-12(14-5-9-17(10-6-14)29-20(22,23)24)25-19(28)11-18(26-13(2)27)15-3-7-16(21)8-4-15/h3-10,12,18H,11H2,1-2H3,(H,25,28)(H,26,27). The molecule has 2 amide bonds. The average Bonchev–Trinajstić information content (AvgIpc) is 2.60. The van der Waals surface area contributed by atoms with Crippen molar-refractivity contribution < 1.29 is 27.5 Å². The Morgan fingerprint density at radius 2 is 1.55 bits per heavy atom. The highest BCUT2D eigenvalue weighted by molar-refractivity contribution is 9.10. The van der Waals surface area contributed by atoms with Crippen LogP contribution in [-0.2, 0) is 9.59 Å². The third-order valence-corrected chi connectivity index (χ3v) is 4.56. The lowest BCUT2D eigenvalue weighted by Gasteiger charge is -2.20. The number of carbonyl (C=O) groups excluding carboxylic acids is 2. The maximum absolute atomic E-state index is 12.5. The molecule has 0 spiro atoms. The summed E-state index contributed by atoms with van der Waals surface area (Å²) in [6.07, 6.45) is -4.74. The van der Waals surface area contributed by atoms with Gasteiger partial charge < -0.3 is 15.4 Å². The van der Waals surface area contributed by atoms with Gasteiger partial charge in [0.15, 0.2) is 0 Å². The molecule has 0 aromatic heterocycles. The van der Waals surface area contributed by atoms with Crippen LogP contribution in [0.3, 0.4) is 0 Å². The van der Waals surface area contributed by atoms with Gasteiger partial charge in [0.1, 0.15) is 5.75 Å². The number of carbonyl (C=O) groups is 2. The number of amides is 2. The van der Waals surface area contributed by atoms with Crippen molar-refractivity contribution in [3.05, 3.63) is 64.1 Å². The summed E-state index contributed by atoms with van der Waals surface area (Å²) in [6, 6.07) is 11.6. The van der Waals surface area contributed by atoms with Crippen LogP contribution >= 0.6 is 15.9 Å². The number of hydrogen-bond donors (Lipinski definition) is 2. The maximum Gasteiger partial charge on any atom is 0.573 e. The molecule has 5 nitrogen and oxygen atoms in total. The van der Waals surface area contributed by atoms with Gasteiger partial charge in [0.25, 0.3) is 0 Å². The van der Waals surface area contributed by atoms with Crippen LogP contribution in [-0.4, -0.2) is 18.2 Å². The van der Waals surface area contributed by atoms with Crippen LogP contribution in [0.1, 0.15) is 43.5 Å². The number of ether oxygens (including phenoxy) is 1. The Bertz CT molecular complexity index is 840. The van der Waals surface area contributed by atoms with Crippen LogP contribution in [0.5, 0.6) is 5.75 Å². The Hall–Kier alpha value is -2.55. The molecule has 2 aromatic carbocycles. The third kappa shape index (κ3) is 7.77. The molecule has 0 saturated carbocycles. The molecule has 2 rings (SSSR count). The lowest BCUT2D eigenvalue weighted by atomic mass is 10.0. The molecule has 0 aliphatic heterocycles. The molecule has 2 atom stereocenters. The summed E-state index contributed by atoms with van der Waals surface area (Å²) in [5.41, 5.74) is 1.40.